The Labute approximate surface area is 189 Å². The molecule has 0 saturated heterocycles. The van der Waals surface area contributed by atoms with Gasteiger partial charge in [-0.2, -0.15) is 0 Å². The van der Waals surface area contributed by atoms with Gasteiger partial charge in [0.2, 0.25) is 0 Å². The zero-order chi connectivity index (χ0) is 21.5. The van der Waals surface area contributed by atoms with Gasteiger partial charge in [0, 0.05) is 18.6 Å². The first-order valence-electron chi connectivity index (χ1n) is 13.5. The highest BCUT2D eigenvalue weighted by Crippen LogP contribution is 2.14. The molecule has 0 atom stereocenters. The van der Waals surface area contributed by atoms with Gasteiger partial charge in [-0.15, -0.1) is 0 Å². The van der Waals surface area contributed by atoms with E-state index in [-0.39, 0.29) is 0 Å². The Morgan fingerprint density at radius 1 is 0.567 bits per heavy atom. The maximum atomic E-state index is 3.81. The fourth-order valence-electron chi connectivity index (χ4n) is 4.30. The van der Waals surface area contributed by atoms with Gasteiger partial charge in [-0.1, -0.05) is 135 Å². The molecule has 1 aromatic rings. The van der Waals surface area contributed by atoms with Gasteiger partial charge in [-0.05, 0) is 12.0 Å². The lowest BCUT2D eigenvalue weighted by Crippen LogP contribution is -2.32. The summed E-state index contributed by atoms with van der Waals surface area (Å²) in [7, 11) is 0. The standard InChI is InChI=1S/C29H52N/c1-3-5-6-7-8-9-10-11-12-13-14-15-16-17-18-19-20-21-22-23-26-30-27-24-29(4-2)25-28-30/h4,24-25,27-28H,2-3,5-23,26H2,1H3/q+1. The Morgan fingerprint density at radius 3 is 1.23 bits per heavy atom. The van der Waals surface area contributed by atoms with Crippen LogP contribution in [0.3, 0.4) is 0 Å². The first-order chi connectivity index (χ1) is 14.9. The molecule has 0 aliphatic heterocycles. The van der Waals surface area contributed by atoms with Gasteiger partial charge in [-0.3, -0.25) is 0 Å². The molecule has 1 heterocycles. The van der Waals surface area contributed by atoms with Gasteiger partial charge in [0.1, 0.15) is 6.54 Å². The maximum absolute atomic E-state index is 3.81. The van der Waals surface area contributed by atoms with Crippen molar-refractivity contribution < 1.29 is 4.57 Å². The molecule has 0 radical (unpaired) electrons. The Hall–Kier alpha value is -1.11. The van der Waals surface area contributed by atoms with E-state index in [1.54, 1.807) is 0 Å². The van der Waals surface area contributed by atoms with E-state index >= 15 is 0 Å². The maximum Gasteiger partial charge on any atom is 0.169 e. The lowest BCUT2D eigenvalue weighted by atomic mass is 10.0. The number of rotatable bonds is 22. The number of pyridine rings is 1. The molecule has 0 aromatic carbocycles. The molecule has 0 aliphatic carbocycles. The second-order valence-corrected chi connectivity index (χ2v) is 9.29. The number of hydrogen-bond acceptors (Lipinski definition) is 0. The van der Waals surface area contributed by atoms with E-state index in [2.05, 4.69) is 42.6 Å². The van der Waals surface area contributed by atoms with Gasteiger partial charge < -0.3 is 0 Å². The minimum atomic E-state index is 1.15. The molecule has 1 aromatic heterocycles. The molecule has 0 spiro atoms. The Bertz CT molecular complexity index is 476. The second kappa shape index (κ2) is 21.1. The molecule has 0 aliphatic rings. The summed E-state index contributed by atoms with van der Waals surface area (Å²) >= 11 is 0. The van der Waals surface area contributed by atoms with E-state index in [1.165, 1.54) is 134 Å². The molecule has 1 nitrogen and oxygen atoms in total. The normalized spacial score (nSPS) is 11.1. The predicted molar refractivity (Wildman–Crippen MR) is 135 cm³/mol. The molecule has 1 heteroatoms. The molecule has 0 unspecified atom stereocenters. The highest BCUT2D eigenvalue weighted by molar-refractivity contribution is 5.44. The SMILES string of the molecule is C=Cc1cc[n+](CCCCCCCCCCCCCCCCCCCCCC)cc1. The van der Waals surface area contributed by atoms with Crippen LogP contribution in [0.4, 0.5) is 0 Å². The van der Waals surface area contributed by atoms with Crippen molar-refractivity contribution in [2.75, 3.05) is 0 Å². The van der Waals surface area contributed by atoms with Crippen molar-refractivity contribution in [3.63, 3.8) is 0 Å². The Morgan fingerprint density at radius 2 is 0.900 bits per heavy atom. The molecular weight excluding hydrogens is 362 g/mol. The monoisotopic (exact) mass is 414 g/mol. The van der Waals surface area contributed by atoms with Crippen LogP contribution in [-0.4, -0.2) is 0 Å². The fourth-order valence-corrected chi connectivity index (χ4v) is 4.30. The van der Waals surface area contributed by atoms with Gasteiger partial charge in [0.15, 0.2) is 12.4 Å². The average molecular weight is 415 g/mol. The highest BCUT2D eigenvalue weighted by atomic mass is 14.9. The van der Waals surface area contributed by atoms with Crippen LogP contribution in [0.1, 0.15) is 141 Å². The first-order valence-corrected chi connectivity index (χ1v) is 13.5. The summed E-state index contributed by atoms with van der Waals surface area (Å²) in [6.07, 6.45) is 35.1. The van der Waals surface area contributed by atoms with Crippen molar-refractivity contribution >= 4 is 6.08 Å². The van der Waals surface area contributed by atoms with Gasteiger partial charge in [0.05, 0.1) is 0 Å². The van der Waals surface area contributed by atoms with Crippen LogP contribution in [0.25, 0.3) is 6.08 Å². The highest BCUT2D eigenvalue weighted by Gasteiger charge is 2.00. The van der Waals surface area contributed by atoms with E-state index in [4.69, 9.17) is 0 Å². The van der Waals surface area contributed by atoms with Crippen molar-refractivity contribution in [3.8, 4) is 0 Å². The van der Waals surface area contributed by atoms with Crippen molar-refractivity contribution in [1.29, 1.82) is 0 Å². The summed E-state index contributed by atoms with van der Waals surface area (Å²) in [4.78, 5) is 0. The molecule has 1 rings (SSSR count). The van der Waals surface area contributed by atoms with E-state index < -0.39 is 0 Å². The number of unbranched alkanes of at least 4 members (excludes halogenated alkanes) is 19. The van der Waals surface area contributed by atoms with Gasteiger partial charge in [-0.25, -0.2) is 4.57 Å². The number of nitrogens with zero attached hydrogens (tertiary/aromatic N) is 1. The molecule has 0 saturated carbocycles. The van der Waals surface area contributed by atoms with Crippen LogP contribution in [0.5, 0.6) is 0 Å². The predicted octanol–water partition coefficient (Wildman–Crippen LogP) is 9.44. The van der Waals surface area contributed by atoms with Crippen LogP contribution >= 0.6 is 0 Å². The van der Waals surface area contributed by atoms with E-state index in [0.29, 0.717) is 0 Å². The van der Waals surface area contributed by atoms with Crippen LogP contribution < -0.4 is 4.57 Å². The molecule has 0 fully saturated rings. The summed E-state index contributed by atoms with van der Waals surface area (Å²) in [5.41, 5.74) is 1.20. The summed E-state index contributed by atoms with van der Waals surface area (Å²) in [6, 6.07) is 4.28. The van der Waals surface area contributed by atoms with Crippen molar-refractivity contribution in [2.45, 2.75) is 142 Å². The molecular formula is C29H52N+. The zero-order valence-corrected chi connectivity index (χ0v) is 20.4. The summed E-state index contributed by atoms with van der Waals surface area (Å²) in [5, 5.41) is 0. The molecule has 0 N–H and O–H groups in total. The average Bonchev–Trinajstić information content (AvgIpc) is 2.78. The minimum Gasteiger partial charge on any atom is -0.205 e. The van der Waals surface area contributed by atoms with Crippen LogP contribution in [0.15, 0.2) is 31.1 Å². The van der Waals surface area contributed by atoms with Crippen molar-refractivity contribution in [2.24, 2.45) is 0 Å². The summed E-state index contributed by atoms with van der Waals surface area (Å²) < 4.78 is 2.29. The zero-order valence-electron chi connectivity index (χ0n) is 20.4. The second-order valence-electron chi connectivity index (χ2n) is 9.29. The Kier molecular flexibility index (Phi) is 19.0. The van der Waals surface area contributed by atoms with Gasteiger partial charge in [0.25, 0.3) is 0 Å². The largest absolute Gasteiger partial charge is 0.205 e. The lowest BCUT2D eigenvalue weighted by Gasteiger charge is -2.04. The summed E-state index contributed by atoms with van der Waals surface area (Å²) in [5.74, 6) is 0. The third kappa shape index (κ3) is 16.7. The van der Waals surface area contributed by atoms with Gasteiger partial charge >= 0.3 is 0 Å². The third-order valence-electron chi connectivity index (χ3n) is 6.42. The summed E-state index contributed by atoms with van der Waals surface area (Å²) in [6.45, 7) is 7.26. The van der Waals surface area contributed by atoms with Crippen LogP contribution in [-0.2, 0) is 6.54 Å². The quantitative estimate of drug-likeness (QED) is 0.131. The van der Waals surface area contributed by atoms with E-state index in [0.717, 1.165) is 6.54 Å². The smallest absolute Gasteiger partial charge is 0.169 e. The minimum absolute atomic E-state index is 1.15. The molecule has 30 heavy (non-hydrogen) atoms. The lowest BCUT2D eigenvalue weighted by molar-refractivity contribution is -0.697. The molecule has 172 valence electrons. The first kappa shape index (κ1) is 26.9. The third-order valence-corrected chi connectivity index (χ3v) is 6.42. The fraction of sp³-hybridized carbons (Fsp3) is 0.759. The van der Waals surface area contributed by atoms with Crippen molar-refractivity contribution in [1.82, 2.24) is 0 Å². The molecule has 0 bridgehead atoms. The van der Waals surface area contributed by atoms with Crippen LogP contribution in [0, 0.1) is 0 Å². The number of aromatic nitrogens is 1. The Balaban J connectivity index is 1.72. The van der Waals surface area contributed by atoms with E-state index in [1.807, 2.05) is 6.08 Å². The van der Waals surface area contributed by atoms with Crippen LogP contribution in [0.2, 0.25) is 0 Å². The number of aryl methyl sites for hydroxylation is 1. The van der Waals surface area contributed by atoms with E-state index in [9.17, 15) is 0 Å². The topological polar surface area (TPSA) is 3.88 Å². The molecule has 0 amide bonds. The number of hydrogen-bond donors (Lipinski definition) is 0. The van der Waals surface area contributed by atoms with Crippen molar-refractivity contribution in [3.05, 3.63) is 36.7 Å².